The number of nitrogens with two attached hydrogens (primary N) is 2. The van der Waals surface area contributed by atoms with Crippen molar-refractivity contribution in [3.63, 3.8) is 0 Å². The Hall–Kier alpha value is -3.45. The number of allylic oxidation sites excluding steroid dienone is 1. The summed E-state index contributed by atoms with van der Waals surface area (Å²) in [6.07, 6.45) is 6.15. The molecule has 0 aliphatic rings. The van der Waals surface area contributed by atoms with E-state index in [4.69, 9.17) is 16.7 Å². The van der Waals surface area contributed by atoms with Crippen LogP contribution < -0.4 is 16.8 Å². The predicted molar refractivity (Wildman–Crippen MR) is 98.9 cm³/mol. The van der Waals surface area contributed by atoms with Gasteiger partial charge in [0.25, 0.3) is 0 Å². The molecule has 0 atom stereocenters. The molecule has 126 valence electrons. The number of nitrogens with one attached hydrogen (secondary N) is 2. The van der Waals surface area contributed by atoms with Gasteiger partial charge in [-0.3, -0.25) is 10.1 Å². The Morgan fingerprint density at radius 2 is 2.36 bits per heavy atom. The van der Waals surface area contributed by atoms with Gasteiger partial charge in [0.05, 0.1) is 40.9 Å². The molecule has 3 aromatic rings. The summed E-state index contributed by atoms with van der Waals surface area (Å²) in [6, 6.07) is 3.95. The Morgan fingerprint density at radius 3 is 3.12 bits per heavy atom. The topological polar surface area (TPSA) is 155 Å². The number of thiophene rings is 1. The quantitative estimate of drug-likeness (QED) is 0.386. The van der Waals surface area contributed by atoms with E-state index in [1.54, 1.807) is 17.5 Å². The number of nitrogens with zero attached hydrogens (tertiary/aromatic N) is 5. The number of aromatic nitrogens is 4. The normalized spacial score (nSPS) is 11.9. The molecule has 25 heavy (non-hydrogen) atoms. The Labute approximate surface area is 147 Å². The van der Waals surface area contributed by atoms with E-state index >= 15 is 0 Å². The van der Waals surface area contributed by atoms with E-state index in [0.717, 1.165) is 15.1 Å². The van der Waals surface area contributed by atoms with Gasteiger partial charge in [0.1, 0.15) is 6.54 Å². The van der Waals surface area contributed by atoms with Crippen molar-refractivity contribution in [2.24, 2.45) is 10.7 Å². The monoisotopic (exact) mass is 353 g/mol. The molecule has 0 bridgehead atoms. The number of rotatable bonds is 6. The number of aliphatic imine (C=N–C) groups is 1. The van der Waals surface area contributed by atoms with Crippen molar-refractivity contribution in [3.8, 4) is 6.07 Å². The summed E-state index contributed by atoms with van der Waals surface area (Å²) in [6.45, 7) is 0.602. The molecule has 0 spiro atoms. The molecule has 0 saturated carbocycles. The third-order valence-electron chi connectivity index (χ3n) is 3.28. The molecule has 0 radical (unpaired) electrons. The zero-order valence-electron chi connectivity index (χ0n) is 13.1. The lowest BCUT2D eigenvalue weighted by atomic mass is 10.2. The SMILES string of the molecule is N#CCN=CC(=CN)c1cnc(N)c(NCc2cc3[nH]ncc3s2)n1. The van der Waals surface area contributed by atoms with E-state index in [9.17, 15) is 0 Å². The number of fused-ring (bicyclic) bond motifs is 1. The van der Waals surface area contributed by atoms with Gasteiger partial charge < -0.3 is 16.8 Å². The Kier molecular flexibility index (Phi) is 4.87. The first kappa shape index (κ1) is 16.4. The second kappa shape index (κ2) is 7.41. The summed E-state index contributed by atoms with van der Waals surface area (Å²) in [5.74, 6) is 0.749. The first-order valence-electron chi connectivity index (χ1n) is 7.28. The van der Waals surface area contributed by atoms with Gasteiger partial charge in [0, 0.05) is 22.9 Å². The molecule has 10 heteroatoms. The molecule has 9 nitrogen and oxygen atoms in total. The molecule has 0 fully saturated rings. The number of hydrogen-bond donors (Lipinski definition) is 4. The first-order chi connectivity index (χ1) is 12.2. The van der Waals surface area contributed by atoms with Gasteiger partial charge in [0.15, 0.2) is 11.6 Å². The number of nitrogen functional groups attached to an aromatic ring is 1. The van der Waals surface area contributed by atoms with Crippen molar-refractivity contribution in [1.29, 1.82) is 5.26 Å². The predicted octanol–water partition coefficient (Wildman–Crippen LogP) is 1.50. The van der Waals surface area contributed by atoms with E-state index in [2.05, 4.69) is 30.5 Å². The Balaban J connectivity index is 1.76. The molecule has 0 aromatic carbocycles. The van der Waals surface area contributed by atoms with Gasteiger partial charge in [-0.05, 0) is 6.07 Å². The Bertz CT molecular complexity index is 948. The van der Waals surface area contributed by atoms with Crippen LogP contribution in [0.25, 0.3) is 15.8 Å². The molecular formula is C15H15N9S. The highest BCUT2D eigenvalue weighted by Crippen LogP contribution is 2.25. The molecule has 3 heterocycles. The number of nitriles is 1. The maximum absolute atomic E-state index is 8.54. The molecular weight excluding hydrogens is 338 g/mol. The van der Waals surface area contributed by atoms with Crippen LogP contribution in [0.2, 0.25) is 0 Å². The zero-order valence-corrected chi connectivity index (χ0v) is 13.9. The second-order valence-corrected chi connectivity index (χ2v) is 6.12. The van der Waals surface area contributed by atoms with Crippen molar-refractivity contribution in [1.82, 2.24) is 20.2 Å². The molecule has 0 aliphatic heterocycles. The van der Waals surface area contributed by atoms with Gasteiger partial charge in [-0.2, -0.15) is 10.4 Å². The minimum absolute atomic E-state index is 0.0469. The molecule has 3 rings (SSSR count). The molecule has 0 aliphatic carbocycles. The summed E-state index contributed by atoms with van der Waals surface area (Å²) < 4.78 is 1.09. The first-order valence-corrected chi connectivity index (χ1v) is 8.10. The van der Waals surface area contributed by atoms with Crippen LogP contribution >= 0.6 is 11.3 Å². The maximum Gasteiger partial charge on any atom is 0.169 e. The lowest BCUT2D eigenvalue weighted by Crippen LogP contribution is -2.08. The lowest BCUT2D eigenvalue weighted by Gasteiger charge is -2.09. The lowest BCUT2D eigenvalue weighted by molar-refractivity contribution is 1.09. The highest BCUT2D eigenvalue weighted by atomic mass is 32.1. The average molecular weight is 353 g/mol. The summed E-state index contributed by atoms with van der Waals surface area (Å²) >= 11 is 1.63. The zero-order chi connectivity index (χ0) is 17.6. The minimum Gasteiger partial charge on any atom is -0.404 e. The van der Waals surface area contributed by atoms with Crippen LogP contribution in [0.5, 0.6) is 0 Å². The van der Waals surface area contributed by atoms with Gasteiger partial charge in [0.2, 0.25) is 0 Å². The fourth-order valence-corrected chi connectivity index (χ4v) is 3.03. The third-order valence-corrected chi connectivity index (χ3v) is 4.35. The van der Waals surface area contributed by atoms with Crippen molar-refractivity contribution in [2.75, 3.05) is 17.6 Å². The van der Waals surface area contributed by atoms with Gasteiger partial charge >= 0.3 is 0 Å². The number of H-pyrrole nitrogens is 1. The summed E-state index contributed by atoms with van der Waals surface area (Å²) in [4.78, 5) is 13.6. The maximum atomic E-state index is 8.54. The number of anilines is 2. The summed E-state index contributed by atoms with van der Waals surface area (Å²) in [5, 5.41) is 18.6. The van der Waals surface area contributed by atoms with Crippen LogP contribution in [0.1, 0.15) is 10.6 Å². The van der Waals surface area contributed by atoms with Crippen LogP contribution in [-0.4, -0.2) is 32.9 Å². The van der Waals surface area contributed by atoms with Crippen molar-refractivity contribution >= 4 is 45.0 Å². The number of hydrogen-bond acceptors (Lipinski definition) is 9. The van der Waals surface area contributed by atoms with E-state index in [1.165, 1.54) is 18.6 Å². The molecule has 6 N–H and O–H groups in total. The average Bonchev–Trinajstić information content (AvgIpc) is 3.20. The smallest absolute Gasteiger partial charge is 0.169 e. The van der Waals surface area contributed by atoms with Crippen molar-refractivity contribution in [2.45, 2.75) is 6.54 Å². The van der Waals surface area contributed by atoms with Gasteiger partial charge in [-0.25, -0.2) is 9.97 Å². The van der Waals surface area contributed by atoms with E-state index in [0.29, 0.717) is 23.6 Å². The molecule has 0 unspecified atom stereocenters. The largest absolute Gasteiger partial charge is 0.404 e. The number of aromatic amines is 1. The fourth-order valence-electron chi connectivity index (χ4n) is 2.11. The van der Waals surface area contributed by atoms with E-state index < -0.39 is 0 Å². The highest BCUT2D eigenvalue weighted by molar-refractivity contribution is 7.19. The summed E-state index contributed by atoms with van der Waals surface area (Å²) in [7, 11) is 0. The fraction of sp³-hybridized carbons (Fsp3) is 0.133. The second-order valence-electron chi connectivity index (χ2n) is 4.95. The minimum atomic E-state index is 0.0469. The molecule has 0 amide bonds. The van der Waals surface area contributed by atoms with Crippen molar-refractivity contribution < 1.29 is 0 Å². The van der Waals surface area contributed by atoms with Crippen LogP contribution in [0.4, 0.5) is 11.6 Å². The Morgan fingerprint density at radius 1 is 1.48 bits per heavy atom. The van der Waals surface area contributed by atoms with E-state index in [1.807, 2.05) is 12.1 Å². The van der Waals surface area contributed by atoms with E-state index in [-0.39, 0.29) is 12.4 Å². The summed E-state index contributed by atoms with van der Waals surface area (Å²) in [5.41, 5.74) is 13.6. The molecule has 3 aromatic heterocycles. The van der Waals surface area contributed by atoms with Gasteiger partial charge in [-0.15, -0.1) is 11.3 Å². The van der Waals surface area contributed by atoms with Crippen LogP contribution in [0.3, 0.4) is 0 Å². The van der Waals surface area contributed by atoms with Crippen LogP contribution in [0, 0.1) is 11.3 Å². The van der Waals surface area contributed by atoms with Gasteiger partial charge in [-0.1, -0.05) is 0 Å². The van der Waals surface area contributed by atoms with Crippen LogP contribution in [-0.2, 0) is 6.54 Å². The highest BCUT2D eigenvalue weighted by Gasteiger charge is 2.09. The third kappa shape index (κ3) is 3.73. The van der Waals surface area contributed by atoms with Crippen molar-refractivity contribution in [3.05, 3.63) is 35.2 Å². The molecule has 0 saturated heterocycles. The van der Waals surface area contributed by atoms with Crippen LogP contribution in [0.15, 0.2) is 29.7 Å². The standard InChI is InChI=1S/C15H15N9S/c16-1-2-19-5-9(4-17)12-7-20-14(18)15(23-12)21-6-10-3-11-13(25-10)8-22-24-11/h3-5,7-8H,2,6,17H2,(H2,18,20)(H,21,23)(H,22,24).